The normalized spacial score (nSPS) is 24.0. The predicted octanol–water partition coefficient (Wildman–Crippen LogP) is 2.57. The zero-order valence-electron chi connectivity index (χ0n) is 12.7. The second kappa shape index (κ2) is 6.72. The Bertz CT molecular complexity index is 402. The molecule has 2 aliphatic rings. The van der Waals surface area contributed by atoms with E-state index >= 15 is 0 Å². The maximum absolute atomic E-state index is 4.81. The molecule has 4 nitrogen and oxygen atoms in total. The van der Waals surface area contributed by atoms with Crippen LogP contribution in [0.15, 0.2) is 12.3 Å². The second-order valence-corrected chi connectivity index (χ2v) is 6.35. The van der Waals surface area contributed by atoms with E-state index in [1.165, 1.54) is 50.8 Å². The van der Waals surface area contributed by atoms with Crippen molar-refractivity contribution in [1.29, 1.82) is 0 Å². The predicted molar refractivity (Wildman–Crippen MR) is 81.7 cm³/mol. The van der Waals surface area contributed by atoms with Crippen LogP contribution in [0, 0.1) is 0 Å². The number of rotatable bonds is 6. The second-order valence-electron chi connectivity index (χ2n) is 6.35. The van der Waals surface area contributed by atoms with Crippen LogP contribution in [0.4, 0.5) is 0 Å². The van der Waals surface area contributed by atoms with Gasteiger partial charge in [-0.05, 0) is 44.8 Å². The molecule has 112 valence electrons. The molecule has 0 aromatic carbocycles. The Morgan fingerprint density at radius 1 is 1.30 bits per heavy atom. The molecule has 1 aromatic rings. The van der Waals surface area contributed by atoms with Crippen molar-refractivity contribution in [1.82, 2.24) is 20.0 Å². The van der Waals surface area contributed by atoms with E-state index in [9.17, 15) is 0 Å². The molecule has 1 aromatic heterocycles. The Morgan fingerprint density at radius 2 is 2.15 bits per heavy atom. The molecule has 1 unspecified atom stereocenters. The third-order valence-corrected chi connectivity index (χ3v) is 4.84. The van der Waals surface area contributed by atoms with Crippen LogP contribution in [0.5, 0.6) is 0 Å². The first-order valence-electron chi connectivity index (χ1n) is 8.35. The van der Waals surface area contributed by atoms with Crippen molar-refractivity contribution in [2.24, 2.45) is 0 Å². The monoisotopic (exact) mass is 276 g/mol. The highest BCUT2D eigenvalue weighted by Crippen LogP contribution is 2.28. The van der Waals surface area contributed by atoms with E-state index in [1.807, 2.05) is 0 Å². The maximum atomic E-state index is 4.81. The number of hydrogen-bond donors (Lipinski definition) is 1. The Hall–Kier alpha value is -0.870. The van der Waals surface area contributed by atoms with Crippen molar-refractivity contribution in [3.8, 4) is 0 Å². The first kappa shape index (κ1) is 14.1. The molecular formula is C16H28N4. The Kier molecular flexibility index (Phi) is 4.73. The number of nitrogens with one attached hydrogen (secondary N) is 1. The van der Waals surface area contributed by atoms with Crippen molar-refractivity contribution in [3.05, 3.63) is 18.0 Å². The highest BCUT2D eigenvalue weighted by Gasteiger charge is 2.20. The van der Waals surface area contributed by atoms with E-state index in [0.29, 0.717) is 12.1 Å². The number of hydrogen-bond acceptors (Lipinski definition) is 3. The topological polar surface area (TPSA) is 33.1 Å². The van der Waals surface area contributed by atoms with Gasteiger partial charge >= 0.3 is 0 Å². The van der Waals surface area contributed by atoms with Gasteiger partial charge in [-0.2, -0.15) is 5.10 Å². The lowest BCUT2D eigenvalue weighted by atomic mass is 10.2. The summed E-state index contributed by atoms with van der Waals surface area (Å²) < 4.78 is 2.21. The summed E-state index contributed by atoms with van der Waals surface area (Å²) in [5, 5.41) is 8.40. The third-order valence-electron chi connectivity index (χ3n) is 4.84. The van der Waals surface area contributed by atoms with Gasteiger partial charge in [-0.1, -0.05) is 19.8 Å². The van der Waals surface area contributed by atoms with E-state index in [2.05, 4.69) is 34.1 Å². The summed E-state index contributed by atoms with van der Waals surface area (Å²) in [6, 6.07) is 3.56. The van der Waals surface area contributed by atoms with Crippen LogP contribution in [-0.2, 0) is 6.54 Å². The molecule has 1 atom stereocenters. The summed E-state index contributed by atoms with van der Waals surface area (Å²) in [7, 11) is 0. The van der Waals surface area contributed by atoms with Gasteiger partial charge in [0.15, 0.2) is 0 Å². The lowest BCUT2D eigenvalue weighted by Gasteiger charge is -2.23. The van der Waals surface area contributed by atoms with Crippen LogP contribution in [-0.4, -0.2) is 40.4 Å². The molecule has 4 heteroatoms. The van der Waals surface area contributed by atoms with Crippen LogP contribution in [0.3, 0.4) is 0 Å². The van der Waals surface area contributed by atoms with Gasteiger partial charge in [0.1, 0.15) is 0 Å². The zero-order chi connectivity index (χ0) is 13.8. The first-order chi connectivity index (χ1) is 9.85. The van der Waals surface area contributed by atoms with Crippen LogP contribution in [0.2, 0.25) is 0 Å². The SMILES string of the molecule is CCN(Cc1ccn(C2CCCC2)n1)CC1CCCN1. The van der Waals surface area contributed by atoms with Crippen molar-refractivity contribution in [2.75, 3.05) is 19.6 Å². The summed E-state index contributed by atoms with van der Waals surface area (Å²) in [6.45, 7) is 6.71. The standard InChI is InChI=1S/C16H28N4/c1-2-19(12-14-6-5-10-17-14)13-15-9-11-20(18-15)16-7-3-4-8-16/h9,11,14,16-17H,2-8,10,12-13H2,1H3. The minimum absolute atomic E-state index is 0.662. The summed E-state index contributed by atoms with van der Waals surface area (Å²) in [4.78, 5) is 2.52. The average molecular weight is 276 g/mol. The third kappa shape index (κ3) is 3.41. The number of aromatic nitrogens is 2. The Labute approximate surface area is 122 Å². The van der Waals surface area contributed by atoms with Gasteiger partial charge in [-0.25, -0.2) is 0 Å². The number of likely N-dealkylation sites (N-methyl/N-ethyl adjacent to an activating group) is 1. The zero-order valence-corrected chi connectivity index (χ0v) is 12.7. The summed E-state index contributed by atoms with van der Waals surface area (Å²) in [5.41, 5.74) is 1.23. The van der Waals surface area contributed by atoms with Crippen LogP contribution in [0.1, 0.15) is 57.2 Å². The fourth-order valence-electron chi connectivity index (χ4n) is 3.59. The fourth-order valence-corrected chi connectivity index (χ4v) is 3.59. The molecule has 1 saturated carbocycles. The Morgan fingerprint density at radius 3 is 2.85 bits per heavy atom. The fraction of sp³-hybridized carbons (Fsp3) is 0.812. The van der Waals surface area contributed by atoms with E-state index in [4.69, 9.17) is 5.10 Å². The molecule has 2 fully saturated rings. The highest BCUT2D eigenvalue weighted by atomic mass is 15.3. The van der Waals surface area contributed by atoms with Gasteiger partial charge in [0.2, 0.25) is 0 Å². The van der Waals surface area contributed by atoms with Crippen molar-refractivity contribution in [2.45, 2.75) is 64.1 Å². The van der Waals surface area contributed by atoms with Crippen LogP contribution in [0.25, 0.3) is 0 Å². The lowest BCUT2D eigenvalue weighted by Crippen LogP contribution is -2.37. The maximum Gasteiger partial charge on any atom is 0.0764 e. The molecule has 2 heterocycles. The first-order valence-corrected chi connectivity index (χ1v) is 8.35. The molecule has 1 aliphatic carbocycles. The molecule has 1 N–H and O–H groups in total. The molecule has 1 saturated heterocycles. The minimum atomic E-state index is 0.662. The Balaban J connectivity index is 1.54. The largest absolute Gasteiger partial charge is 0.313 e. The minimum Gasteiger partial charge on any atom is -0.313 e. The molecule has 0 bridgehead atoms. The molecule has 1 aliphatic heterocycles. The van der Waals surface area contributed by atoms with Crippen molar-refractivity contribution < 1.29 is 0 Å². The van der Waals surface area contributed by atoms with Crippen LogP contribution < -0.4 is 5.32 Å². The van der Waals surface area contributed by atoms with Gasteiger partial charge < -0.3 is 5.32 Å². The summed E-state index contributed by atoms with van der Waals surface area (Å²) >= 11 is 0. The van der Waals surface area contributed by atoms with E-state index in [-0.39, 0.29) is 0 Å². The van der Waals surface area contributed by atoms with Gasteiger partial charge in [0, 0.05) is 25.3 Å². The van der Waals surface area contributed by atoms with Crippen molar-refractivity contribution >= 4 is 0 Å². The molecule has 20 heavy (non-hydrogen) atoms. The van der Waals surface area contributed by atoms with Crippen LogP contribution >= 0.6 is 0 Å². The molecule has 0 amide bonds. The van der Waals surface area contributed by atoms with E-state index in [0.717, 1.165) is 19.6 Å². The lowest BCUT2D eigenvalue weighted by molar-refractivity contribution is 0.249. The highest BCUT2D eigenvalue weighted by molar-refractivity contribution is 5.00. The van der Waals surface area contributed by atoms with E-state index in [1.54, 1.807) is 0 Å². The quantitative estimate of drug-likeness (QED) is 0.867. The average Bonchev–Trinajstić information content (AvgIpc) is 3.20. The molecule has 3 rings (SSSR count). The van der Waals surface area contributed by atoms with Gasteiger partial charge in [0.05, 0.1) is 11.7 Å². The summed E-state index contributed by atoms with van der Waals surface area (Å²) in [6.07, 6.45) is 10.2. The van der Waals surface area contributed by atoms with Crippen molar-refractivity contribution in [3.63, 3.8) is 0 Å². The van der Waals surface area contributed by atoms with Gasteiger partial charge in [-0.3, -0.25) is 9.58 Å². The summed E-state index contributed by atoms with van der Waals surface area (Å²) in [5.74, 6) is 0. The van der Waals surface area contributed by atoms with E-state index < -0.39 is 0 Å². The van der Waals surface area contributed by atoms with Gasteiger partial charge in [-0.15, -0.1) is 0 Å². The molecular weight excluding hydrogens is 248 g/mol. The van der Waals surface area contributed by atoms with Gasteiger partial charge in [0.25, 0.3) is 0 Å². The molecule has 0 spiro atoms. The molecule has 0 radical (unpaired) electrons. The smallest absolute Gasteiger partial charge is 0.0764 e. The number of nitrogens with zero attached hydrogens (tertiary/aromatic N) is 3.